The molecule has 0 aliphatic rings. The van der Waals surface area contributed by atoms with Crippen LogP contribution in [0.4, 0.5) is 4.39 Å². The third-order valence-electron chi connectivity index (χ3n) is 2.85. The van der Waals surface area contributed by atoms with Crippen LogP contribution in [0, 0.1) is 17.1 Å². The molecule has 0 heterocycles. The van der Waals surface area contributed by atoms with Gasteiger partial charge in [-0.2, -0.15) is 5.26 Å². The first-order valence-corrected chi connectivity index (χ1v) is 5.37. The molecule has 0 aliphatic carbocycles. The van der Waals surface area contributed by atoms with E-state index in [1.807, 2.05) is 38.9 Å². The van der Waals surface area contributed by atoms with Crippen LogP contribution in [-0.2, 0) is 0 Å². The topological polar surface area (TPSA) is 36.3 Å². The van der Waals surface area contributed by atoms with Crippen LogP contribution in [0.15, 0.2) is 18.2 Å². The summed E-state index contributed by atoms with van der Waals surface area (Å²) in [5.74, 6) is -0.00963. The summed E-state index contributed by atoms with van der Waals surface area (Å²) in [5.41, 5.74) is 0.0701. The molecule has 1 aromatic rings. The van der Waals surface area contributed by atoms with Gasteiger partial charge >= 0.3 is 0 Å². The number of hydrogen-bond donors (Lipinski definition) is 0. The van der Waals surface area contributed by atoms with Gasteiger partial charge in [0.25, 0.3) is 0 Å². The first kappa shape index (κ1) is 13.5. The van der Waals surface area contributed by atoms with Gasteiger partial charge < -0.3 is 9.64 Å². The van der Waals surface area contributed by atoms with E-state index in [1.54, 1.807) is 0 Å². The van der Waals surface area contributed by atoms with Crippen molar-refractivity contribution < 1.29 is 9.13 Å². The first-order valence-electron chi connectivity index (χ1n) is 5.37. The van der Waals surface area contributed by atoms with E-state index in [4.69, 9.17) is 10.00 Å². The maximum atomic E-state index is 12.9. The second-order valence-electron chi connectivity index (χ2n) is 4.75. The standard InChI is InChI=1S/C13H17FN2O/c1-13(2,16(3)4)9-17-12-6-5-11(14)7-10(12)8-15/h5-7H,9H2,1-4H3. The highest BCUT2D eigenvalue weighted by molar-refractivity contribution is 5.43. The van der Waals surface area contributed by atoms with Crippen molar-refractivity contribution in [1.29, 1.82) is 5.26 Å². The number of nitriles is 1. The zero-order valence-electron chi connectivity index (χ0n) is 10.6. The zero-order chi connectivity index (χ0) is 13.1. The van der Waals surface area contributed by atoms with Crippen molar-refractivity contribution in [3.05, 3.63) is 29.6 Å². The predicted octanol–water partition coefficient (Wildman–Crippen LogP) is 2.42. The lowest BCUT2D eigenvalue weighted by atomic mass is 10.1. The maximum Gasteiger partial charge on any atom is 0.137 e. The summed E-state index contributed by atoms with van der Waals surface area (Å²) in [4.78, 5) is 2.03. The zero-order valence-corrected chi connectivity index (χ0v) is 10.6. The van der Waals surface area contributed by atoms with Crippen molar-refractivity contribution in [3.63, 3.8) is 0 Å². The number of benzene rings is 1. The third kappa shape index (κ3) is 3.43. The lowest BCUT2D eigenvalue weighted by Crippen LogP contribution is -2.43. The molecule has 0 saturated carbocycles. The van der Waals surface area contributed by atoms with Crippen molar-refractivity contribution >= 4 is 0 Å². The van der Waals surface area contributed by atoms with E-state index in [9.17, 15) is 4.39 Å². The Bertz CT molecular complexity index is 436. The van der Waals surface area contributed by atoms with Crippen molar-refractivity contribution in [2.24, 2.45) is 0 Å². The smallest absolute Gasteiger partial charge is 0.137 e. The summed E-state index contributed by atoms with van der Waals surface area (Å²) < 4.78 is 18.5. The van der Waals surface area contributed by atoms with E-state index < -0.39 is 5.82 Å². The second-order valence-corrected chi connectivity index (χ2v) is 4.75. The van der Waals surface area contributed by atoms with E-state index in [-0.39, 0.29) is 11.1 Å². The summed E-state index contributed by atoms with van der Waals surface area (Å²) in [6.45, 7) is 4.49. The van der Waals surface area contributed by atoms with Crippen LogP contribution in [0.25, 0.3) is 0 Å². The average Bonchev–Trinajstić information content (AvgIpc) is 2.27. The fourth-order valence-corrected chi connectivity index (χ4v) is 1.10. The molecule has 1 aromatic carbocycles. The molecular weight excluding hydrogens is 219 g/mol. The molecule has 0 spiro atoms. The number of halogens is 1. The largest absolute Gasteiger partial charge is 0.490 e. The predicted molar refractivity (Wildman–Crippen MR) is 64.4 cm³/mol. The highest BCUT2D eigenvalue weighted by Gasteiger charge is 2.21. The van der Waals surface area contributed by atoms with Crippen molar-refractivity contribution in [2.45, 2.75) is 19.4 Å². The van der Waals surface area contributed by atoms with E-state index in [1.165, 1.54) is 18.2 Å². The van der Waals surface area contributed by atoms with Crippen LogP contribution in [-0.4, -0.2) is 31.1 Å². The maximum absolute atomic E-state index is 12.9. The van der Waals surface area contributed by atoms with Gasteiger partial charge in [0.05, 0.1) is 5.56 Å². The molecule has 0 aliphatic heterocycles. The van der Waals surface area contributed by atoms with Crippen LogP contribution in [0.2, 0.25) is 0 Å². The van der Waals surface area contributed by atoms with Crippen molar-refractivity contribution in [2.75, 3.05) is 20.7 Å². The Balaban J connectivity index is 2.80. The molecule has 3 nitrogen and oxygen atoms in total. The lowest BCUT2D eigenvalue weighted by Gasteiger charge is -2.32. The number of nitrogens with zero attached hydrogens (tertiary/aromatic N) is 2. The highest BCUT2D eigenvalue weighted by atomic mass is 19.1. The van der Waals surface area contributed by atoms with Crippen LogP contribution < -0.4 is 4.74 Å². The van der Waals surface area contributed by atoms with Gasteiger partial charge in [0.2, 0.25) is 0 Å². The molecule has 1 rings (SSSR count). The minimum atomic E-state index is -0.430. The van der Waals surface area contributed by atoms with Gasteiger partial charge in [0.1, 0.15) is 24.2 Å². The SMILES string of the molecule is CN(C)C(C)(C)COc1ccc(F)cc1C#N. The third-order valence-corrected chi connectivity index (χ3v) is 2.85. The molecule has 17 heavy (non-hydrogen) atoms. The molecule has 0 radical (unpaired) electrons. The quantitative estimate of drug-likeness (QED) is 0.805. The summed E-state index contributed by atoms with van der Waals surface area (Å²) in [6.07, 6.45) is 0. The summed E-state index contributed by atoms with van der Waals surface area (Å²) in [6, 6.07) is 5.88. The van der Waals surface area contributed by atoms with E-state index in [2.05, 4.69) is 0 Å². The normalized spacial score (nSPS) is 11.4. The van der Waals surface area contributed by atoms with Crippen LogP contribution in [0.3, 0.4) is 0 Å². The molecular formula is C13H17FN2O. The molecule has 0 fully saturated rings. The monoisotopic (exact) mass is 236 g/mol. The number of likely N-dealkylation sites (N-methyl/N-ethyl adjacent to an activating group) is 1. The second kappa shape index (κ2) is 5.15. The Morgan fingerprint density at radius 1 is 1.41 bits per heavy atom. The number of rotatable bonds is 4. The van der Waals surface area contributed by atoms with Crippen LogP contribution in [0.5, 0.6) is 5.75 Å². The molecule has 0 atom stereocenters. The Labute approximate surface area is 101 Å². The van der Waals surface area contributed by atoms with Crippen molar-refractivity contribution in [3.8, 4) is 11.8 Å². The highest BCUT2D eigenvalue weighted by Crippen LogP contribution is 2.21. The summed E-state index contributed by atoms with van der Waals surface area (Å²) in [5, 5.41) is 8.87. The molecule has 0 N–H and O–H groups in total. The Morgan fingerprint density at radius 2 is 2.06 bits per heavy atom. The molecule has 0 amide bonds. The van der Waals surface area contributed by atoms with Gasteiger partial charge in [-0.25, -0.2) is 4.39 Å². The van der Waals surface area contributed by atoms with Gasteiger partial charge in [0, 0.05) is 5.54 Å². The minimum absolute atomic E-state index is 0.152. The Hall–Kier alpha value is -1.60. The molecule has 0 unspecified atom stereocenters. The lowest BCUT2D eigenvalue weighted by molar-refractivity contribution is 0.114. The number of ether oxygens (including phenoxy) is 1. The van der Waals surface area contributed by atoms with E-state index in [0.717, 1.165) is 0 Å². The average molecular weight is 236 g/mol. The Morgan fingerprint density at radius 3 is 2.59 bits per heavy atom. The Kier molecular flexibility index (Phi) is 4.08. The molecule has 4 heteroatoms. The molecule has 92 valence electrons. The van der Waals surface area contributed by atoms with Crippen molar-refractivity contribution in [1.82, 2.24) is 4.90 Å². The first-order chi connectivity index (χ1) is 7.86. The van der Waals surface area contributed by atoms with Crippen LogP contribution in [0.1, 0.15) is 19.4 Å². The van der Waals surface area contributed by atoms with E-state index in [0.29, 0.717) is 12.4 Å². The van der Waals surface area contributed by atoms with Gasteiger partial charge in [-0.15, -0.1) is 0 Å². The number of hydrogen-bond acceptors (Lipinski definition) is 3. The summed E-state index contributed by atoms with van der Waals surface area (Å²) in [7, 11) is 3.92. The minimum Gasteiger partial charge on any atom is -0.490 e. The summed E-state index contributed by atoms with van der Waals surface area (Å²) >= 11 is 0. The molecule has 0 saturated heterocycles. The fraction of sp³-hybridized carbons (Fsp3) is 0.462. The van der Waals surface area contributed by atoms with Gasteiger partial charge in [0.15, 0.2) is 0 Å². The van der Waals surface area contributed by atoms with Crippen LogP contribution >= 0.6 is 0 Å². The van der Waals surface area contributed by atoms with Gasteiger partial charge in [-0.05, 0) is 46.1 Å². The fourth-order valence-electron chi connectivity index (χ4n) is 1.10. The molecule has 0 aromatic heterocycles. The van der Waals surface area contributed by atoms with E-state index >= 15 is 0 Å². The van der Waals surface area contributed by atoms with Gasteiger partial charge in [-0.1, -0.05) is 0 Å². The molecule has 0 bridgehead atoms. The van der Waals surface area contributed by atoms with Gasteiger partial charge in [-0.3, -0.25) is 0 Å².